The monoisotopic (exact) mass is 388 g/mol. The summed E-state index contributed by atoms with van der Waals surface area (Å²) in [6, 6.07) is 17.5. The molecule has 0 atom stereocenters. The van der Waals surface area contributed by atoms with Crippen LogP contribution in [0.1, 0.15) is 15.9 Å². The Balaban J connectivity index is 2.02. The summed E-state index contributed by atoms with van der Waals surface area (Å²) in [7, 11) is 0. The van der Waals surface area contributed by atoms with E-state index in [0.717, 1.165) is 0 Å². The van der Waals surface area contributed by atoms with Crippen LogP contribution in [0.3, 0.4) is 0 Å². The molecule has 9 heteroatoms. The van der Waals surface area contributed by atoms with Gasteiger partial charge < -0.3 is 5.32 Å². The van der Waals surface area contributed by atoms with E-state index in [1.807, 2.05) is 6.07 Å². The molecule has 142 valence electrons. The van der Waals surface area contributed by atoms with Crippen molar-refractivity contribution in [2.24, 2.45) is 0 Å². The van der Waals surface area contributed by atoms with Gasteiger partial charge in [0, 0.05) is 35.4 Å². The molecule has 3 rings (SSSR count). The van der Waals surface area contributed by atoms with E-state index in [4.69, 9.17) is 5.26 Å². The van der Waals surface area contributed by atoms with E-state index in [0.29, 0.717) is 16.7 Å². The number of nitrogens with one attached hydrogen (secondary N) is 1. The molecule has 29 heavy (non-hydrogen) atoms. The number of amides is 1. The standard InChI is InChI=1S/C20H12N4O5/c21-12-13-2-1-3-15(10-13)20(25)22-19-11-17(24(28)29)8-9-18(19)14-4-6-16(7-5-14)23(26)27/h1-11H,(H,22,25). The maximum Gasteiger partial charge on any atom is 0.271 e. The minimum absolute atomic E-state index is 0.102. The molecule has 1 amide bonds. The van der Waals surface area contributed by atoms with Crippen molar-refractivity contribution in [2.45, 2.75) is 0 Å². The topological polar surface area (TPSA) is 139 Å². The summed E-state index contributed by atoms with van der Waals surface area (Å²) >= 11 is 0. The molecule has 0 spiro atoms. The number of carbonyl (C=O) groups is 1. The number of nitrogens with zero attached hydrogens (tertiary/aromatic N) is 3. The Hall–Kier alpha value is -4.58. The third kappa shape index (κ3) is 4.23. The lowest BCUT2D eigenvalue weighted by Gasteiger charge is -2.12. The molecular weight excluding hydrogens is 376 g/mol. The van der Waals surface area contributed by atoms with Crippen molar-refractivity contribution in [1.82, 2.24) is 0 Å². The molecule has 0 unspecified atom stereocenters. The molecule has 0 bridgehead atoms. The molecule has 0 saturated heterocycles. The molecule has 0 aromatic heterocycles. The van der Waals surface area contributed by atoms with Gasteiger partial charge in [-0.1, -0.05) is 6.07 Å². The van der Waals surface area contributed by atoms with Crippen molar-refractivity contribution >= 4 is 23.0 Å². The summed E-state index contributed by atoms with van der Waals surface area (Å²) in [5.41, 5.74) is 1.34. The van der Waals surface area contributed by atoms with E-state index in [1.54, 1.807) is 12.1 Å². The fraction of sp³-hybridized carbons (Fsp3) is 0. The van der Waals surface area contributed by atoms with Gasteiger partial charge in [0.05, 0.1) is 27.2 Å². The lowest BCUT2D eigenvalue weighted by Crippen LogP contribution is -2.13. The molecule has 0 fully saturated rings. The molecule has 0 heterocycles. The predicted molar refractivity (Wildman–Crippen MR) is 104 cm³/mol. The number of nitro groups is 2. The quantitative estimate of drug-likeness (QED) is 0.511. The molecule has 1 N–H and O–H groups in total. The van der Waals surface area contributed by atoms with Crippen LogP contribution in [0.5, 0.6) is 0 Å². The number of carbonyl (C=O) groups excluding carboxylic acids is 1. The molecule has 9 nitrogen and oxygen atoms in total. The second-order valence-electron chi connectivity index (χ2n) is 5.94. The van der Waals surface area contributed by atoms with Crippen molar-refractivity contribution < 1.29 is 14.6 Å². The Morgan fingerprint density at radius 3 is 2.17 bits per heavy atom. The summed E-state index contributed by atoms with van der Waals surface area (Å²) in [5.74, 6) is -0.550. The smallest absolute Gasteiger partial charge is 0.271 e. The second-order valence-corrected chi connectivity index (χ2v) is 5.94. The van der Waals surface area contributed by atoms with E-state index >= 15 is 0 Å². The molecule has 3 aromatic carbocycles. The molecule has 0 aliphatic carbocycles. The number of rotatable bonds is 5. The number of anilines is 1. The minimum Gasteiger partial charge on any atom is -0.321 e. The van der Waals surface area contributed by atoms with Crippen molar-refractivity contribution in [3.63, 3.8) is 0 Å². The van der Waals surface area contributed by atoms with Crippen molar-refractivity contribution in [3.8, 4) is 17.2 Å². The second kappa shape index (κ2) is 7.98. The Kier molecular flexibility index (Phi) is 5.28. The highest BCUT2D eigenvalue weighted by atomic mass is 16.6. The maximum absolute atomic E-state index is 12.6. The summed E-state index contributed by atoms with van der Waals surface area (Å²) in [4.78, 5) is 33.5. The van der Waals surface area contributed by atoms with Gasteiger partial charge in [0.15, 0.2) is 0 Å². The minimum atomic E-state index is -0.592. The van der Waals surface area contributed by atoms with Crippen LogP contribution < -0.4 is 5.32 Å². The fourth-order valence-corrected chi connectivity index (χ4v) is 2.69. The van der Waals surface area contributed by atoms with Gasteiger partial charge in [-0.15, -0.1) is 0 Å². The number of hydrogen-bond acceptors (Lipinski definition) is 6. The summed E-state index contributed by atoms with van der Waals surface area (Å²) < 4.78 is 0. The highest BCUT2D eigenvalue weighted by Gasteiger charge is 2.16. The van der Waals surface area contributed by atoms with E-state index < -0.39 is 15.8 Å². The van der Waals surface area contributed by atoms with Crippen LogP contribution in [0.4, 0.5) is 17.1 Å². The Bertz CT molecular complexity index is 1170. The van der Waals surface area contributed by atoms with Gasteiger partial charge >= 0.3 is 0 Å². The largest absolute Gasteiger partial charge is 0.321 e. The highest BCUT2D eigenvalue weighted by molar-refractivity contribution is 6.06. The molecule has 0 radical (unpaired) electrons. The van der Waals surface area contributed by atoms with Crippen LogP contribution >= 0.6 is 0 Å². The number of nitro benzene ring substituents is 2. The van der Waals surface area contributed by atoms with Crippen LogP contribution in [0.2, 0.25) is 0 Å². The molecule has 0 aliphatic heterocycles. The van der Waals surface area contributed by atoms with Crippen LogP contribution in [0.15, 0.2) is 66.7 Å². The average Bonchev–Trinajstić information content (AvgIpc) is 2.73. The molecular formula is C20H12N4O5. The molecule has 0 aliphatic rings. The summed E-state index contributed by atoms with van der Waals surface area (Å²) in [6.07, 6.45) is 0. The van der Waals surface area contributed by atoms with Crippen LogP contribution in [-0.4, -0.2) is 15.8 Å². The van der Waals surface area contributed by atoms with Gasteiger partial charge in [-0.05, 0) is 42.0 Å². The van der Waals surface area contributed by atoms with Crippen molar-refractivity contribution in [2.75, 3.05) is 5.32 Å². The van der Waals surface area contributed by atoms with Gasteiger partial charge in [-0.2, -0.15) is 5.26 Å². The van der Waals surface area contributed by atoms with Gasteiger partial charge in [0.1, 0.15) is 0 Å². The van der Waals surface area contributed by atoms with E-state index in [-0.39, 0.29) is 22.6 Å². The number of non-ortho nitro benzene ring substituents is 2. The van der Waals surface area contributed by atoms with Crippen molar-refractivity contribution in [1.29, 1.82) is 5.26 Å². The zero-order chi connectivity index (χ0) is 21.0. The number of hydrogen-bond donors (Lipinski definition) is 1. The van der Waals surface area contributed by atoms with Gasteiger partial charge in [-0.3, -0.25) is 25.0 Å². The molecule has 0 saturated carbocycles. The van der Waals surface area contributed by atoms with E-state index in [9.17, 15) is 25.0 Å². The zero-order valence-electron chi connectivity index (χ0n) is 14.7. The predicted octanol–water partition coefficient (Wildman–Crippen LogP) is 4.29. The Morgan fingerprint density at radius 1 is 0.897 bits per heavy atom. The highest BCUT2D eigenvalue weighted by Crippen LogP contribution is 2.33. The Morgan fingerprint density at radius 2 is 1.55 bits per heavy atom. The number of nitriles is 1. The van der Waals surface area contributed by atoms with E-state index in [1.165, 1.54) is 54.6 Å². The third-order valence-corrected chi connectivity index (χ3v) is 4.11. The maximum atomic E-state index is 12.6. The van der Waals surface area contributed by atoms with Crippen molar-refractivity contribution in [3.05, 3.63) is 98.1 Å². The zero-order valence-corrected chi connectivity index (χ0v) is 14.7. The lowest BCUT2D eigenvalue weighted by atomic mass is 10.0. The normalized spacial score (nSPS) is 10.0. The third-order valence-electron chi connectivity index (χ3n) is 4.11. The van der Waals surface area contributed by atoms with Crippen LogP contribution in [0.25, 0.3) is 11.1 Å². The summed E-state index contributed by atoms with van der Waals surface area (Å²) in [5, 5.41) is 33.6. The lowest BCUT2D eigenvalue weighted by molar-refractivity contribution is -0.385. The first-order valence-corrected chi connectivity index (χ1v) is 8.24. The average molecular weight is 388 g/mol. The fourth-order valence-electron chi connectivity index (χ4n) is 2.69. The first kappa shape index (κ1) is 19.2. The van der Waals surface area contributed by atoms with Gasteiger partial charge in [0.2, 0.25) is 0 Å². The molecule has 3 aromatic rings. The Labute approximate surface area is 164 Å². The van der Waals surface area contributed by atoms with Gasteiger partial charge in [0.25, 0.3) is 17.3 Å². The van der Waals surface area contributed by atoms with E-state index in [2.05, 4.69) is 5.32 Å². The van der Waals surface area contributed by atoms with Gasteiger partial charge in [-0.25, -0.2) is 0 Å². The summed E-state index contributed by atoms with van der Waals surface area (Å²) in [6.45, 7) is 0. The van der Waals surface area contributed by atoms with Crippen LogP contribution in [0, 0.1) is 31.6 Å². The number of benzene rings is 3. The first-order valence-electron chi connectivity index (χ1n) is 8.24. The SMILES string of the molecule is N#Cc1cccc(C(=O)Nc2cc([N+](=O)[O-])ccc2-c2ccc([N+](=O)[O-])cc2)c1. The first-order chi connectivity index (χ1) is 13.9. The van der Waals surface area contributed by atoms with Crippen LogP contribution in [-0.2, 0) is 0 Å².